The van der Waals surface area contributed by atoms with Gasteiger partial charge >= 0.3 is 0 Å². The van der Waals surface area contributed by atoms with Gasteiger partial charge in [0.15, 0.2) is 23.0 Å². The topological polar surface area (TPSA) is 55.4 Å². The van der Waals surface area contributed by atoms with Crippen LogP contribution in [-0.2, 0) is 16.1 Å². The molecule has 2 aromatic carbocycles. The monoisotopic (exact) mass is 450 g/mol. The average Bonchev–Trinajstić information content (AvgIpc) is 3.48. The first-order chi connectivity index (χ1) is 16.1. The van der Waals surface area contributed by atoms with Crippen molar-refractivity contribution in [3.8, 4) is 46.7 Å². The molecule has 33 heavy (non-hydrogen) atoms. The zero-order valence-corrected chi connectivity index (χ0v) is 19.6. The molecule has 0 saturated heterocycles. The highest BCUT2D eigenvalue weighted by atomic mass is 16.7. The van der Waals surface area contributed by atoms with Crippen LogP contribution in [0.4, 0.5) is 0 Å². The van der Waals surface area contributed by atoms with Gasteiger partial charge in [-0.1, -0.05) is 37.8 Å². The highest BCUT2D eigenvalue weighted by Crippen LogP contribution is 2.36. The number of hydrogen-bond acceptors (Lipinski definition) is 6. The van der Waals surface area contributed by atoms with Gasteiger partial charge in [0.2, 0.25) is 13.6 Å². The molecule has 1 unspecified atom stereocenters. The third-order valence-electron chi connectivity index (χ3n) is 4.90. The summed E-state index contributed by atoms with van der Waals surface area (Å²) < 4.78 is 32.3. The Morgan fingerprint density at radius 1 is 0.788 bits per heavy atom. The van der Waals surface area contributed by atoms with E-state index in [-0.39, 0.29) is 6.10 Å². The molecular weight excluding hydrogens is 420 g/mol. The van der Waals surface area contributed by atoms with Gasteiger partial charge in [0.1, 0.15) is 13.2 Å². The number of ether oxygens (including phenoxy) is 6. The molecule has 6 heteroatoms. The maximum absolute atomic E-state index is 5.82. The van der Waals surface area contributed by atoms with Crippen molar-refractivity contribution < 1.29 is 28.4 Å². The summed E-state index contributed by atoms with van der Waals surface area (Å²) in [5.74, 6) is 14.9. The standard InChI is InChI=1S/C15H18O3.C12H12O3/c1-4-5-8-16-15(11(2)3)12-6-7-13-14(9-12)18-10-17-13;1-2-3-6-13-8-10-4-5-11-12(7-10)15-9-14-11/h6-7,9,11,15H,8,10H2,1-3H3;4-5,7H,6,8-9H2,1H3. The molecule has 0 amide bonds. The summed E-state index contributed by atoms with van der Waals surface area (Å²) in [6.07, 6.45) is 0.0281. The number of benzene rings is 2. The largest absolute Gasteiger partial charge is 0.454 e. The molecule has 2 aliphatic heterocycles. The van der Waals surface area contributed by atoms with Gasteiger partial charge in [-0.2, -0.15) is 0 Å². The summed E-state index contributed by atoms with van der Waals surface area (Å²) in [5.41, 5.74) is 2.17. The molecule has 174 valence electrons. The van der Waals surface area contributed by atoms with Crippen LogP contribution in [0.25, 0.3) is 0 Å². The maximum Gasteiger partial charge on any atom is 0.231 e. The minimum absolute atomic E-state index is 0.0281. The predicted octanol–water partition coefficient (Wildman–Crippen LogP) is 5.11. The van der Waals surface area contributed by atoms with Crippen molar-refractivity contribution in [3.63, 3.8) is 0 Å². The van der Waals surface area contributed by atoms with Gasteiger partial charge in [-0.25, -0.2) is 0 Å². The Hall–Kier alpha value is -3.32. The normalized spacial score (nSPS) is 13.2. The fourth-order valence-corrected chi connectivity index (χ4v) is 3.29. The van der Waals surface area contributed by atoms with E-state index in [0.29, 0.717) is 39.3 Å². The summed E-state index contributed by atoms with van der Waals surface area (Å²) in [6, 6.07) is 11.7. The van der Waals surface area contributed by atoms with E-state index >= 15 is 0 Å². The van der Waals surface area contributed by atoms with E-state index in [9.17, 15) is 0 Å². The quantitative estimate of drug-likeness (QED) is 0.432. The molecule has 0 aliphatic carbocycles. The first-order valence-corrected chi connectivity index (χ1v) is 10.9. The van der Waals surface area contributed by atoms with Crippen LogP contribution in [0.15, 0.2) is 36.4 Å². The van der Waals surface area contributed by atoms with E-state index in [2.05, 4.69) is 37.5 Å². The molecule has 2 aliphatic rings. The molecule has 0 N–H and O–H groups in total. The Labute approximate surface area is 196 Å². The van der Waals surface area contributed by atoms with Crippen LogP contribution in [0, 0.1) is 29.6 Å². The third kappa shape index (κ3) is 7.08. The van der Waals surface area contributed by atoms with Crippen LogP contribution in [0.2, 0.25) is 0 Å². The zero-order chi connectivity index (χ0) is 23.5. The minimum atomic E-state index is 0.0281. The van der Waals surface area contributed by atoms with Gasteiger partial charge in [-0.3, -0.25) is 0 Å². The molecule has 2 heterocycles. The van der Waals surface area contributed by atoms with Crippen LogP contribution in [0.5, 0.6) is 23.0 Å². The lowest BCUT2D eigenvalue weighted by Gasteiger charge is -2.21. The Morgan fingerprint density at radius 2 is 1.39 bits per heavy atom. The maximum atomic E-state index is 5.82. The lowest BCUT2D eigenvalue weighted by molar-refractivity contribution is 0.0425. The lowest BCUT2D eigenvalue weighted by atomic mass is 9.98. The second kappa shape index (κ2) is 12.6. The molecule has 0 aromatic heterocycles. The summed E-state index contributed by atoms with van der Waals surface area (Å²) >= 11 is 0. The van der Waals surface area contributed by atoms with Gasteiger partial charge in [0, 0.05) is 0 Å². The highest BCUT2D eigenvalue weighted by molar-refractivity contribution is 5.45. The van der Waals surface area contributed by atoms with Crippen LogP contribution in [0.3, 0.4) is 0 Å². The SMILES string of the molecule is CC#CCOC(c1ccc2c(c1)OCO2)C(C)C.CC#CCOCc1ccc2c(c1)OCO2. The summed E-state index contributed by atoms with van der Waals surface area (Å²) in [7, 11) is 0. The fourth-order valence-electron chi connectivity index (χ4n) is 3.29. The molecule has 1 atom stereocenters. The van der Waals surface area contributed by atoms with E-state index in [0.717, 1.165) is 34.1 Å². The van der Waals surface area contributed by atoms with Crippen LogP contribution in [-0.4, -0.2) is 26.8 Å². The van der Waals surface area contributed by atoms with Gasteiger partial charge in [-0.05, 0) is 55.2 Å². The smallest absolute Gasteiger partial charge is 0.231 e. The molecule has 2 aromatic rings. The van der Waals surface area contributed by atoms with Crippen molar-refractivity contribution in [2.45, 2.75) is 40.4 Å². The second-order valence-electron chi connectivity index (χ2n) is 7.62. The molecule has 0 saturated carbocycles. The zero-order valence-electron chi connectivity index (χ0n) is 19.6. The van der Waals surface area contributed by atoms with Crippen molar-refractivity contribution in [3.05, 3.63) is 47.5 Å². The molecule has 4 rings (SSSR count). The molecule has 0 spiro atoms. The Balaban J connectivity index is 0.000000189. The molecule has 0 radical (unpaired) electrons. The van der Waals surface area contributed by atoms with Gasteiger partial charge in [-0.15, -0.1) is 11.8 Å². The van der Waals surface area contributed by atoms with Crippen molar-refractivity contribution in [1.82, 2.24) is 0 Å². The number of rotatable bonds is 7. The summed E-state index contributed by atoms with van der Waals surface area (Å²) in [4.78, 5) is 0. The van der Waals surface area contributed by atoms with Gasteiger partial charge in [0.25, 0.3) is 0 Å². The Kier molecular flexibility index (Phi) is 9.32. The Morgan fingerprint density at radius 3 is 2.06 bits per heavy atom. The number of hydrogen-bond donors (Lipinski definition) is 0. The van der Waals surface area contributed by atoms with Crippen LogP contribution in [0.1, 0.15) is 44.9 Å². The van der Waals surface area contributed by atoms with E-state index in [1.807, 2.05) is 43.3 Å². The molecular formula is C27H30O6. The van der Waals surface area contributed by atoms with Crippen molar-refractivity contribution in [2.75, 3.05) is 26.8 Å². The third-order valence-corrected chi connectivity index (χ3v) is 4.90. The van der Waals surface area contributed by atoms with Gasteiger partial charge < -0.3 is 28.4 Å². The second-order valence-corrected chi connectivity index (χ2v) is 7.62. The van der Waals surface area contributed by atoms with Crippen molar-refractivity contribution in [2.24, 2.45) is 5.92 Å². The molecule has 0 bridgehead atoms. The van der Waals surface area contributed by atoms with E-state index < -0.39 is 0 Å². The number of fused-ring (bicyclic) bond motifs is 2. The molecule has 6 nitrogen and oxygen atoms in total. The summed E-state index contributed by atoms with van der Waals surface area (Å²) in [5, 5.41) is 0. The van der Waals surface area contributed by atoms with Crippen LogP contribution < -0.4 is 18.9 Å². The summed E-state index contributed by atoms with van der Waals surface area (Å²) in [6.45, 7) is 9.94. The van der Waals surface area contributed by atoms with E-state index in [4.69, 9.17) is 28.4 Å². The Bertz CT molecular complexity index is 1040. The predicted molar refractivity (Wildman–Crippen MR) is 125 cm³/mol. The highest BCUT2D eigenvalue weighted by Gasteiger charge is 2.20. The van der Waals surface area contributed by atoms with E-state index in [1.165, 1.54) is 0 Å². The fraction of sp³-hybridized carbons (Fsp3) is 0.407. The van der Waals surface area contributed by atoms with Gasteiger partial charge in [0.05, 0.1) is 12.7 Å². The lowest BCUT2D eigenvalue weighted by Crippen LogP contribution is -2.11. The first-order valence-electron chi connectivity index (χ1n) is 10.9. The van der Waals surface area contributed by atoms with E-state index in [1.54, 1.807) is 6.92 Å². The molecule has 0 fully saturated rings. The van der Waals surface area contributed by atoms with Crippen LogP contribution >= 0.6 is 0 Å². The average molecular weight is 451 g/mol. The van der Waals surface area contributed by atoms with Crippen molar-refractivity contribution >= 4 is 0 Å². The minimum Gasteiger partial charge on any atom is -0.454 e. The first kappa shape index (κ1) is 24.3. The van der Waals surface area contributed by atoms with Crippen molar-refractivity contribution in [1.29, 1.82) is 0 Å².